The van der Waals surface area contributed by atoms with E-state index in [0.29, 0.717) is 17.1 Å². The van der Waals surface area contributed by atoms with Crippen LogP contribution >= 0.6 is 11.6 Å². The Kier molecular flexibility index (Phi) is 5.41. The van der Waals surface area contributed by atoms with Gasteiger partial charge in [0.05, 0.1) is 17.8 Å². The molecule has 0 radical (unpaired) electrons. The van der Waals surface area contributed by atoms with E-state index in [0.717, 1.165) is 0 Å². The molecule has 0 fully saturated rings. The lowest BCUT2D eigenvalue weighted by molar-refractivity contribution is 0.0959. The number of hydrazone groups is 1. The summed E-state index contributed by atoms with van der Waals surface area (Å²) in [5.74, 6) is -0.741. The van der Waals surface area contributed by atoms with Gasteiger partial charge in [0.2, 0.25) is 0 Å². The summed E-state index contributed by atoms with van der Waals surface area (Å²) >= 11 is 5.99. The molecule has 1 aliphatic rings. The van der Waals surface area contributed by atoms with Gasteiger partial charge in [-0.15, -0.1) is 10.2 Å². The Morgan fingerprint density at radius 3 is 2.85 bits per heavy atom. The smallest absolute Gasteiger partial charge is 0.254 e. The number of nitrogens with one attached hydrogen (secondary N) is 2. The first-order chi connectivity index (χ1) is 12.9. The van der Waals surface area contributed by atoms with Gasteiger partial charge < -0.3 is 11.1 Å². The molecular weight excluding hydrogens is 373 g/mol. The van der Waals surface area contributed by atoms with E-state index in [-0.39, 0.29) is 28.8 Å². The standard InChI is InChI=1S/C17H15ClFN7O/c1-9-5-6-12(15(18)22-9)17(27)21-8-13-14(16(20)26-24-13)25-23-11-4-2-3-10(19)7-11/h2-7,23H,8H2,1H3,(H,21,27)(H2,20,25,26). The highest BCUT2D eigenvalue weighted by atomic mass is 35.5. The van der Waals surface area contributed by atoms with E-state index in [1.165, 1.54) is 12.1 Å². The normalized spacial score (nSPS) is 14.7. The Bertz CT molecular complexity index is 987. The summed E-state index contributed by atoms with van der Waals surface area (Å²) in [7, 11) is 0. The zero-order valence-electron chi connectivity index (χ0n) is 14.2. The Balaban J connectivity index is 1.67. The van der Waals surface area contributed by atoms with E-state index in [1.807, 2.05) is 0 Å². The Labute approximate surface area is 159 Å². The minimum atomic E-state index is -0.418. The fourth-order valence-corrected chi connectivity index (χ4v) is 2.51. The number of aromatic nitrogens is 1. The third-order valence-corrected chi connectivity index (χ3v) is 3.85. The van der Waals surface area contributed by atoms with Gasteiger partial charge >= 0.3 is 0 Å². The molecule has 8 nitrogen and oxygen atoms in total. The number of hydrogen-bond donors (Lipinski definition) is 3. The molecule has 0 saturated heterocycles. The molecule has 27 heavy (non-hydrogen) atoms. The lowest BCUT2D eigenvalue weighted by atomic mass is 10.2. The van der Waals surface area contributed by atoms with Crippen LogP contribution in [0.4, 0.5) is 10.1 Å². The van der Waals surface area contributed by atoms with Crippen molar-refractivity contribution >= 4 is 40.5 Å². The summed E-state index contributed by atoms with van der Waals surface area (Å²) in [4.78, 5) is 16.3. The lowest BCUT2D eigenvalue weighted by Crippen LogP contribution is -2.37. The Hall–Kier alpha value is -3.33. The fourth-order valence-electron chi connectivity index (χ4n) is 2.23. The van der Waals surface area contributed by atoms with E-state index < -0.39 is 11.7 Å². The van der Waals surface area contributed by atoms with Gasteiger partial charge in [0, 0.05) is 5.69 Å². The highest BCUT2D eigenvalue weighted by Crippen LogP contribution is 2.13. The van der Waals surface area contributed by atoms with Gasteiger partial charge in [0.1, 0.15) is 16.7 Å². The average molecular weight is 388 g/mol. The van der Waals surface area contributed by atoms with Crippen molar-refractivity contribution in [2.75, 3.05) is 12.0 Å². The maximum absolute atomic E-state index is 13.2. The maximum atomic E-state index is 13.2. The number of nitrogens with two attached hydrogens (primary N) is 1. The van der Waals surface area contributed by atoms with Crippen molar-refractivity contribution in [1.29, 1.82) is 0 Å². The van der Waals surface area contributed by atoms with Crippen LogP contribution < -0.4 is 16.5 Å². The van der Waals surface area contributed by atoms with E-state index in [1.54, 1.807) is 31.2 Å². The van der Waals surface area contributed by atoms with Gasteiger partial charge in [-0.3, -0.25) is 10.2 Å². The van der Waals surface area contributed by atoms with Crippen LogP contribution in [0.5, 0.6) is 0 Å². The second-order valence-electron chi connectivity index (χ2n) is 5.59. The van der Waals surface area contributed by atoms with Crippen molar-refractivity contribution in [3.63, 3.8) is 0 Å². The summed E-state index contributed by atoms with van der Waals surface area (Å²) in [6.45, 7) is 1.80. The molecule has 2 heterocycles. The van der Waals surface area contributed by atoms with Crippen molar-refractivity contribution in [3.05, 3.63) is 58.6 Å². The van der Waals surface area contributed by atoms with Crippen LogP contribution in [0, 0.1) is 12.7 Å². The number of benzene rings is 1. The minimum Gasteiger partial charge on any atom is -0.380 e. The molecule has 2 aromatic rings. The highest BCUT2D eigenvalue weighted by molar-refractivity contribution is 6.70. The number of amides is 1. The van der Waals surface area contributed by atoms with E-state index in [9.17, 15) is 9.18 Å². The second kappa shape index (κ2) is 7.92. The van der Waals surface area contributed by atoms with Crippen LogP contribution in [0.1, 0.15) is 16.1 Å². The van der Waals surface area contributed by atoms with Crippen LogP contribution in [0.2, 0.25) is 5.15 Å². The summed E-state index contributed by atoms with van der Waals surface area (Å²) in [5.41, 5.74) is 10.4. The molecule has 1 amide bonds. The zero-order chi connectivity index (χ0) is 19.4. The molecule has 0 aliphatic carbocycles. The number of carbonyl (C=O) groups excluding carboxylic acids is 1. The number of amidine groups is 1. The first kappa shape index (κ1) is 18.5. The molecule has 3 rings (SSSR count). The van der Waals surface area contributed by atoms with Gasteiger partial charge in [-0.2, -0.15) is 5.10 Å². The van der Waals surface area contributed by atoms with Gasteiger partial charge in [0.15, 0.2) is 11.5 Å². The number of halogens is 2. The predicted molar refractivity (Wildman–Crippen MR) is 103 cm³/mol. The highest BCUT2D eigenvalue weighted by Gasteiger charge is 2.21. The fraction of sp³-hybridized carbons (Fsp3) is 0.118. The largest absolute Gasteiger partial charge is 0.380 e. The van der Waals surface area contributed by atoms with Gasteiger partial charge in [-0.05, 0) is 37.3 Å². The van der Waals surface area contributed by atoms with Crippen molar-refractivity contribution in [1.82, 2.24) is 10.3 Å². The van der Waals surface area contributed by atoms with Gasteiger partial charge in [-0.1, -0.05) is 17.7 Å². The second-order valence-corrected chi connectivity index (χ2v) is 5.95. The zero-order valence-corrected chi connectivity index (χ0v) is 15.0. The molecule has 0 saturated carbocycles. The molecule has 0 bridgehead atoms. The minimum absolute atomic E-state index is 0.0247. The summed E-state index contributed by atoms with van der Waals surface area (Å²) in [6, 6.07) is 9.04. The lowest BCUT2D eigenvalue weighted by Gasteiger charge is -2.08. The van der Waals surface area contributed by atoms with Crippen LogP contribution in [0.25, 0.3) is 0 Å². The predicted octanol–water partition coefficient (Wildman–Crippen LogP) is 2.11. The topological polar surface area (TPSA) is 117 Å². The SMILES string of the molecule is Cc1ccc(C(=O)NCC2=NN=C(N)/C2=N\Nc2cccc(F)c2)c(Cl)n1. The summed E-state index contributed by atoms with van der Waals surface area (Å²) < 4.78 is 13.2. The monoisotopic (exact) mass is 387 g/mol. The molecule has 0 atom stereocenters. The third kappa shape index (κ3) is 4.45. The first-order valence-corrected chi connectivity index (χ1v) is 8.23. The van der Waals surface area contributed by atoms with Gasteiger partial charge in [-0.25, -0.2) is 9.37 Å². The first-order valence-electron chi connectivity index (χ1n) is 7.85. The third-order valence-electron chi connectivity index (χ3n) is 3.56. The molecule has 1 aliphatic heterocycles. The molecule has 1 aromatic carbocycles. The maximum Gasteiger partial charge on any atom is 0.254 e. The number of anilines is 1. The number of hydrogen-bond acceptors (Lipinski definition) is 7. The molecule has 10 heteroatoms. The number of carbonyl (C=O) groups is 1. The van der Waals surface area contributed by atoms with E-state index in [4.69, 9.17) is 17.3 Å². The van der Waals surface area contributed by atoms with E-state index in [2.05, 4.69) is 31.0 Å². The van der Waals surface area contributed by atoms with Crippen LogP contribution in [0.15, 0.2) is 51.7 Å². The van der Waals surface area contributed by atoms with Crippen molar-refractivity contribution < 1.29 is 9.18 Å². The molecule has 138 valence electrons. The van der Waals surface area contributed by atoms with E-state index >= 15 is 0 Å². The molecule has 1 aromatic heterocycles. The molecular formula is C17H15ClFN7O. The number of pyridine rings is 1. The summed E-state index contributed by atoms with van der Waals surface area (Å²) in [5, 5.41) is 14.5. The van der Waals surface area contributed by atoms with Crippen LogP contribution in [-0.2, 0) is 0 Å². The van der Waals surface area contributed by atoms with Crippen LogP contribution in [0.3, 0.4) is 0 Å². The molecule has 4 N–H and O–H groups in total. The van der Waals surface area contributed by atoms with Crippen LogP contribution in [-0.4, -0.2) is 34.7 Å². The molecule has 0 unspecified atom stereocenters. The number of nitrogens with zero attached hydrogens (tertiary/aromatic N) is 4. The van der Waals surface area contributed by atoms with Crippen molar-refractivity contribution in [2.24, 2.45) is 21.0 Å². The molecule has 0 spiro atoms. The van der Waals surface area contributed by atoms with Crippen molar-refractivity contribution in [3.8, 4) is 0 Å². The quantitative estimate of drug-likeness (QED) is 0.538. The van der Waals surface area contributed by atoms with Crippen molar-refractivity contribution in [2.45, 2.75) is 6.92 Å². The Morgan fingerprint density at radius 2 is 2.11 bits per heavy atom. The Morgan fingerprint density at radius 1 is 1.30 bits per heavy atom. The van der Waals surface area contributed by atoms with Gasteiger partial charge in [0.25, 0.3) is 5.91 Å². The average Bonchev–Trinajstić information content (AvgIpc) is 2.98. The number of rotatable bonds is 5. The summed E-state index contributed by atoms with van der Waals surface area (Å²) in [6.07, 6.45) is 0. The number of aryl methyl sites for hydroxylation is 1.